The van der Waals surface area contributed by atoms with Crippen molar-refractivity contribution in [3.63, 3.8) is 0 Å². The first-order valence-electron chi connectivity index (χ1n) is 8.05. The number of hydrogen-bond donors (Lipinski definition) is 1. The van der Waals surface area contributed by atoms with Crippen molar-refractivity contribution in [1.82, 2.24) is 0 Å². The van der Waals surface area contributed by atoms with E-state index in [1.165, 1.54) is 24.3 Å². The molecule has 0 aliphatic carbocycles. The van der Waals surface area contributed by atoms with Gasteiger partial charge in [0.05, 0.1) is 22.8 Å². The zero-order valence-electron chi connectivity index (χ0n) is 14.5. The molecule has 0 bridgehead atoms. The highest BCUT2D eigenvalue weighted by Gasteiger charge is 2.18. The summed E-state index contributed by atoms with van der Waals surface area (Å²) in [4.78, 5) is 23.9. The van der Waals surface area contributed by atoms with Crippen molar-refractivity contribution in [1.29, 1.82) is 0 Å². The summed E-state index contributed by atoms with van der Waals surface area (Å²) in [7, 11) is -3.63. The summed E-state index contributed by atoms with van der Waals surface area (Å²) >= 11 is 0.278. The Kier molecular flexibility index (Phi) is 7.94. The summed E-state index contributed by atoms with van der Waals surface area (Å²) in [5.74, 6) is -4.68. The standard InChI is InChI=1S/C18H17F2NO5S2/c19-18(20)27-15-9-5-4-8-14(15)21-16(22)12-26-17(23)10-11-28(24,25)13-6-2-1-3-7-13/h1-9,18H,10-12H2,(H,21,22). The molecule has 0 saturated carbocycles. The molecule has 0 saturated heterocycles. The fraction of sp³-hybridized carbons (Fsp3) is 0.222. The van der Waals surface area contributed by atoms with Gasteiger partial charge in [0.1, 0.15) is 0 Å². The van der Waals surface area contributed by atoms with Crippen molar-refractivity contribution in [2.45, 2.75) is 22.0 Å². The maximum absolute atomic E-state index is 12.5. The predicted octanol–water partition coefficient (Wildman–Crippen LogP) is 3.35. The van der Waals surface area contributed by atoms with E-state index in [9.17, 15) is 26.8 Å². The minimum absolute atomic E-state index is 0.0914. The zero-order chi connectivity index (χ0) is 20.6. The number of rotatable bonds is 9. The number of esters is 1. The predicted molar refractivity (Wildman–Crippen MR) is 101 cm³/mol. The number of alkyl halides is 2. The van der Waals surface area contributed by atoms with E-state index in [4.69, 9.17) is 4.74 Å². The van der Waals surface area contributed by atoms with Crippen LogP contribution in [-0.2, 0) is 24.2 Å². The van der Waals surface area contributed by atoms with Crippen LogP contribution in [0.3, 0.4) is 0 Å². The topological polar surface area (TPSA) is 89.5 Å². The Labute approximate surface area is 165 Å². The van der Waals surface area contributed by atoms with Gasteiger partial charge < -0.3 is 10.1 Å². The molecule has 6 nitrogen and oxygen atoms in total. The number of carbonyl (C=O) groups is 2. The third kappa shape index (κ3) is 6.93. The summed E-state index contributed by atoms with van der Waals surface area (Å²) in [6, 6.07) is 13.6. The van der Waals surface area contributed by atoms with Crippen LogP contribution in [0.2, 0.25) is 0 Å². The summed E-state index contributed by atoms with van der Waals surface area (Å²) in [5.41, 5.74) is 0.167. The molecule has 0 aromatic heterocycles. The van der Waals surface area contributed by atoms with Crippen LogP contribution < -0.4 is 5.32 Å². The molecule has 1 amide bonds. The molecule has 0 fully saturated rings. The molecule has 0 unspecified atom stereocenters. The molecule has 10 heteroatoms. The maximum Gasteiger partial charge on any atom is 0.307 e. The molecule has 0 spiro atoms. The van der Waals surface area contributed by atoms with Crippen LogP contribution in [0.4, 0.5) is 14.5 Å². The molecule has 2 aromatic carbocycles. The molecular formula is C18H17F2NO5S2. The van der Waals surface area contributed by atoms with Crippen LogP contribution in [0.15, 0.2) is 64.4 Å². The molecule has 1 N–H and O–H groups in total. The lowest BCUT2D eigenvalue weighted by Gasteiger charge is -2.10. The average Bonchev–Trinajstić information content (AvgIpc) is 2.67. The van der Waals surface area contributed by atoms with E-state index >= 15 is 0 Å². The number of nitrogens with one attached hydrogen (secondary N) is 1. The normalized spacial score (nSPS) is 11.2. The lowest BCUT2D eigenvalue weighted by atomic mass is 10.3. The van der Waals surface area contributed by atoms with Gasteiger partial charge in [-0.3, -0.25) is 9.59 Å². The molecule has 0 radical (unpaired) electrons. The van der Waals surface area contributed by atoms with Crippen LogP contribution in [0.25, 0.3) is 0 Å². The number of ether oxygens (including phenoxy) is 1. The van der Waals surface area contributed by atoms with Gasteiger partial charge in [-0.25, -0.2) is 8.42 Å². The van der Waals surface area contributed by atoms with E-state index in [0.29, 0.717) is 0 Å². The SMILES string of the molecule is O=C(COC(=O)CCS(=O)(=O)c1ccccc1)Nc1ccccc1SC(F)F. The first-order chi connectivity index (χ1) is 13.3. The highest BCUT2D eigenvalue weighted by molar-refractivity contribution is 7.99. The van der Waals surface area contributed by atoms with Gasteiger partial charge in [0, 0.05) is 4.90 Å². The van der Waals surface area contributed by atoms with Gasteiger partial charge >= 0.3 is 5.97 Å². The monoisotopic (exact) mass is 429 g/mol. The first kappa shape index (κ1) is 21.8. The highest BCUT2D eigenvalue weighted by Crippen LogP contribution is 2.31. The second-order valence-corrected chi connectivity index (χ2v) is 8.61. The van der Waals surface area contributed by atoms with Gasteiger partial charge in [-0.2, -0.15) is 8.78 Å². The van der Waals surface area contributed by atoms with E-state index in [-0.39, 0.29) is 27.2 Å². The number of para-hydroxylation sites is 1. The number of sulfone groups is 1. The van der Waals surface area contributed by atoms with Crippen molar-refractivity contribution in [2.24, 2.45) is 0 Å². The average molecular weight is 429 g/mol. The van der Waals surface area contributed by atoms with Gasteiger partial charge in [0.25, 0.3) is 11.7 Å². The molecule has 0 heterocycles. The minimum atomic E-state index is -3.63. The Morgan fingerprint density at radius 1 is 1.04 bits per heavy atom. The Morgan fingerprint density at radius 2 is 1.68 bits per heavy atom. The lowest BCUT2D eigenvalue weighted by molar-refractivity contribution is -0.146. The largest absolute Gasteiger partial charge is 0.456 e. The van der Waals surface area contributed by atoms with E-state index in [2.05, 4.69) is 5.32 Å². The smallest absolute Gasteiger partial charge is 0.307 e. The molecule has 150 valence electrons. The fourth-order valence-electron chi connectivity index (χ4n) is 2.14. The van der Waals surface area contributed by atoms with Gasteiger partial charge in [0.2, 0.25) is 0 Å². The quantitative estimate of drug-likeness (QED) is 0.486. The molecular weight excluding hydrogens is 412 g/mol. The van der Waals surface area contributed by atoms with Crippen molar-refractivity contribution >= 4 is 39.2 Å². The Bertz CT molecular complexity index is 921. The molecule has 0 atom stereocenters. The number of carbonyl (C=O) groups excluding carboxylic acids is 2. The van der Waals surface area contributed by atoms with Crippen LogP contribution >= 0.6 is 11.8 Å². The number of thioether (sulfide) groups is 1. The minimum Gasteiger partial charge on any atom is -0.456 e. The fourth-order valence-corrected chi connectivity index (χ4v) is 3.97. The first-order valence-corrected chi connectivity index (χ1v) is 10.6. The Hall–Kier alpha value is -2.46. The Morgan fingerprint density at radius 3 is 2.36 bits per heavy atom. The molecule has 2 rings (SSSR count). The number of hydrogen-bond acceptors (Lipinski definition) is 6. The van der Waals surface area contributed by atoms with Gasteiger partial charge in [-0.05, 0) is 24.3 Å². The van der Waals surface area contributed by atoms with E-state index in [1.807, 2.05) is 0 Å². The number of amides is 1. The summed E-state index contributed by atoms with van der Waals surface area (Å²) < 4.78 is 54.0. The van der Waals surface area contributed by atoms with Crippen LogP contribution in [0.5, 0.6) is 0 Å². The third-order valence-corrected chi connectivity index (χ3v) is 5.94. The lowest BCUT2D eigenvalue weighted by Crippen LogP contribution is -2.22. The van der Waals surface area contributed by atoms with E-state index in [1.54, 1.807) is 30.3 Å². The molecule has 2 aromatic rings. The van der Waals surface area contributed by atoms with Crippen molar-refractivity contribution in [3.05, 3.63) is 54.6 Å². The van der Waals surface area contributed by atoms with Gasteiger partial charge in [0.15, 0.2) is 16.4 Å². The van der Waals surface area contributed by atoms with Crippen molar-refractivity contribution in [2.75, 3.05) is 17.7 Å². The number of halogens is 2. The number of anilines is 1. The zero-order valence-corrected chi connectivity index (χ0v) is 16.1. The van der Waals surface area contributed by atoms with Crippen LogP contribution in [0, 0.1) is 0 Å². The van der Waals surface area contributed by atoms with Crippen molar-refractivity contribution in [3.8, 4) is 0 Å². The van der Waals surface area contributed by atoms with E-state index in [0.717, 1.165) is 0 Å². The van der Waals surface area contributed by atoms with Gasteiger partial charge in [-0.1, -0.05) is 42.1 Å². The van der Waals surface area contributed by atoms with Crippen LogP contribution in [0.1, 0.15) is 6.42 Å². The number of benzene rings is 2. The summed E-state index contributed by atoms with van der Waals surface area (Å²) in [6.07, 6.45) is -0.414. The second kappa shape index (κ2) is 10.2. The van der Waals surface area contributed by atoms with E-state index < -0.39 is 46.3 Å². The highest BCUT2D eigenvalue weighted by atomic mass is 32.2. The van der Waals surface area contributed by atoms with Crippen molar-refractivity contribution < 1.29 is 31.5 Å². The van der Waals surface area contributed by atoms with Crippen LogP contribution in [-0.4, -0.2) is 38.4 Å². The third-order valence-electron chi connectivity index (χ3n) is 3.42. The maximum atomic E-state index is 12.5. The Balaban J connectivity index is 1.82. The molecule has 28 heavy (non-hydrogen) atoms. The molecule has 0 aliphatic heterocycles. The second-order valence-electron chi connectivity index (χ2n) is 5.47. The summed E-state index contributed by atoms with van der Waals surface area (Å²) in [6.45, 7) is -0.655. The van der Waals surface area contributed by atoms with Gasteiger partial charge in [-0.15, -0.1) is 0 Å². The molecule has 0 aliphatic rings. The summed E-state index contributed by atoms with van der Waals surface area (Å²) in [5, 5.41) is 2.38.